The Morgan fingerprint density at radius 3 is 2.57 bits per heavy atom. The van der Waals surface area contributed by atoms with Crippen LogP contribution in [0.5, 0.6) is 5.75 Å². The van der Waals surface area contributed by atoms with Crippen LogP contribution in [0.15, 0.2) is 29.1 Å². The first-order valence-corrected chi connectivity index (χ1v) is 7.44. The Hall–Kier alpha value is -2.63. The summed E-state index contributed by atoms with van der Waals surface area (Å²) in [5, 5.41) is 2.72. The van der Waals surface area contributed by atoms with Crippen molar-refractivity contribution in [1.82, 2.24) is 15.3 Å². The van der Waals surface area contributed by atoms with Crippen molar-refractivity contribution in [2.24, 2.45) is 0 Å². The molecule has 0 radical (unpaired) electrons. The van der Waals surface area contributed by atoms with Crippen molar-refractivity contribution in [3.63, 3.8) is 0 Å². The van der Waals surface area contributed by atoms with Crippen LogP contribution in [-0.2, 0) is 0 Å². The highest BCUT2D eigenvalue weighted by atomic mass is 16.5. The molecule has 2 rings (SSSR count). The van der Waals surface area contributed by atoms with E-state index in [-0.39, 0.29) is 11.7 Å². The van der Waals surface area contributed by atoms with Gasteiger partial charge in [-0.05, 0) is 39.8 Å². The van der Waals surface area contributed by atoms with E-state index in [4.69, 9.17) is 4.74 Å². The number of rotatable bonds is 5. The molecule has 0 aliphatic heterocycles. The van der Waals surface area contributed by atoms with Gasteiger partial charge < -0.3 is 15.0 Å². The van der Waals surface area contributed by atoms with Crippen molar-refractivity contribution < 1.29 is 9.53 Å². The first-order chi connectivity index (χ1) is 10.9. The minimum Gasteiger partial charge on any atom is -0.491 e. The second-order valence-electron chi connectivity index (χ2n) is 5.62. The van der Waals surface area contributed by atoms with Crippen molar-refractivity contribution in [3.05, 3.63) is 57.3 Å². The quantitative estimate of drug-likeness (QED) is 0.882. The van der Waals surface area contributed by atoms with Crippen molar-refractivity contribution in [1.29, 1.82) is 0 Å². The summed E-state index contributed by atoms with van der Waals surface area (Å²) in [6, 6.07) is 7.40. The Kier molecular flexibility index (Phi) is 5.16. The molecule has 6 heteroatoms. The van der Waals surface area contributed by atoms with Gasteiger partial charge in [-0.1, -0.05) is 17.7 Å². The molecule has 122 valence electrons. The summed E-state index contributed by atoms with van der Waals surface area (Å²) in [4.78, 5) is 30.6. The highest BCUT2D eigenvalue weighted by Gasteiger charge is 2.16. The van der Waals surface area contributed by atoms with E-state index in [0.717, 1.165) is 11.3 Å². The van der Waals surface area contributed by atoms with Gasteiger partial charge in [0, 0.05) is 5.69 Å². The molecular formula is C17H21N3O3. The number of H-pyrrole nitrogens is 1. The predicted octanol–water partition coefficient (Wildman–Crippen LogP) is 1.89. The van der Waals surface area contributed by atoms with Crippen LogP contribution >= 0.6 is 0 Å². The summed E-state index contributed by atoms with van der Waals surface area (Å²) in [6.07, 6.45) is 0. The minimum absolute atomic E-state index is 0.129. The number of amides is 1. The van der Waals surface area contributed by atoms with Crippen molar-refractivity contribution in [2.75, 3.05) is 6.61 Å². The number of aromatic nitrogens is 2. The van der Waals surface area contributed by atoms with Crippen LogP contribution in [0.25, 0.3) is 0 Å². The summed E-state index contributed by atoms with van der Waals surface area (Å²) in [5.74, 6) is 0.230. The van der Waals surface area contributed by atoms with E-state index in [2.05, 4.69) is 15.3 Å². The van der Waals surface area contributed by atoms with Gasteiger partial charge in [-0.15, -0.1) is 0 Å². The molecule has 0 bridgehead atoms. The lowest BCUT2D eigenvalue weighted by molar-refractivity contribution is 0.0919. The standard InChI is InChI=1S/C17H21N3O3/c1-10-5-7-14(8-6-10)23-9-11(2)18-16(21)15-17(22)20-13(4)12(3)19-15/h5-8,11H,9H2,1-4H3,(H,18,21)(H,20,22)/t11-/m0/s1. The number of nitrogens with one attached hydrogen (secondary N) is 2. The third-order valence-electron chi connectivity index (χ3n) is 3.45. The Labute approximate surface area is 134 Å². The maximum atomic E-state index is 12.1. The molecule has 1 aromatic carbocycles. The summed E-state index contributed by atoms with van der Waals surface area (Å²) in [6.45, 7) is 7.59. The number of nitrogens with zero attached hydrogens (tertiary/aromatic N) is 1. The van der Waals surface area contributed by atoms with Crippen LogP contribution in [0, 0.1) is 20.8 Å². The molecule has 0 spiro atoms. The number of ether oxygens (including phenoxy) is 1. The van der Waals surface area contributed by atoms with E-state index in [0.29, 0.717) is 18.0 Å². The number of aryl methyl sites for hydroxylation is 3. The normalized spacial score (nSPS) is 11.8. The molecule has 0 aliphatic carbocycles. The molecular weight excluding hydrogens is 294 g/mol. The highest BCUT2D eigenvalue weighted by molar-refractivity contribution is 5.92. The molecule has 0 fully saturated rings. The molecule has 2 aromatic rings. The fourth-order valence-corrected chi connectivity index (χ4v) is 1.97. The Morgan fingerprint density at radius 1 is 1.26 bits per heavy atom. The van der Waals surface area contributed by atoms with Gasteiger partial charge in [0.15, 0.2) is 5.69 Å². The van der Waals surface area contributed by atoms with Gasteiger partial charge in [-0.25, -0.2) is 4.98 Å². The number of carbonyl (C=O) groups excluding carboxylic acids is 1. The molecule has 0 aliphatic rings. The summed E-state index contributed by atoms with van der Waals surface area (Å²) in [5.41, 5.74) is 1.81. The molecule has 0 saturated heterocycles. The zero-order valence-electron chi connectivity index (χ0n) is 13.8. The van der Waals surface area contributed by atoms with E-state index in [9.17, 15) is 9.59 Å². The smallest absolute Gasteiger partial charge is 0.279 e. The second-order valence-corrected chi connectivity index (χ2v) is 5.62. The average Bonchev–Trinajstić information content (AvgIpc) is 2.50. The van der Waals surface area contributed by atoms with Gasteiger partial charge in [0.05, 0.1) is 11.7 Å². The first-order valence-electron chi connectivity index (χ1n) is 7.44. The molecule has 6 nitrogen and oxygen atoms in total. The third kappa shape index (κ3) is 4.42. The molecule has 1 atom stereocenters. The van der Waals surface area contributed by atoms with Crippen LogP contribution < -0.4 is 15.6 Å². The van der Waals surface area contributed by atoms with E-state index in [1.165, 1.54) is 0 Å². The Balaban J connectivity index is 1.96. The van der Waals surface area contributed by atoms with E-state index in [1.807, 2.05) is 31.2 Å². The third-order valence-corrected chi connectivity index (χ3v) is 3.45. The predicted molar refractivity (Wildman–Crippen MR) is 87.9 cm³/mol. The lowest BCUT2D eigenvalue weighted by Crippen LogP contribution is -2.40. The first kappa shape index (κ1) is 16.7. The molecule has 1 heterocycles. The fraction of sp³-hybridized carbons (Fsp3) is 0.353. The number of carbonyl (C=O) groups is 1. The number of hydrogen-bond donors (Lipinski definition) is 2. The zero-order chi connectivity index (χ0) is 17.0. The van der Waals surface area contributed by atoms with Gasteiger partial charge in [-0.3, -0.25) is 9.59 Å². The number of hydrogen-bond acceptors (Lipinski definition) is 4. The van der Waals surface area contributed by atoms with Crippen LogP contribution in [0.2, 0.25) is 0 Å². The number of benzene rings is 1. The largest absolute Gasteiger partial charge is 0.491 e. The molecule has 2 N–H and O–H groups in total. The summed E-state index contributed by atoms with van der Waals surface area (Å²) >= 11 is 0. The van der Waals surface area contributed by atoms with Gasteiger partial charge in [-0.2, -0.15) is 0 Å². The minimum atomic E-state index is -0.505. The van der Waals surface area contributed by atoms with Gasteiger partial charge in [0.25, 0.3) is 11.5 Å². The van der Waals surface area contributed by atoms with Gasteiger partial charge in [0.2, 0.25) is 0 Å². The lowest BCUT2D eigenvalue weighted by atomic mass is 10.2. The SMILES string of the molecule is Cc1ccc(OC[C@H](C)NC(=O)c2nc(C)c(C)[nH]c2=O)cc1. The maximum absolute atomic E-state index is 12.1. The van der Waals surface area contributed by atoms with Gasteiger partial charge in [0.1, 0.15) is 12.4 Å². The highest BCUT2D eigenvalue weighted by Crippen LogP contribution is 2.11. The van der Waals surface area contributed by atoms with Crippen LogP contribution in [-0.4, -0.2) is 28.5 Å². The monoisotopic (exact) mass is 315 g/mol. The van der Waals surface area contributed by atoms with Crippen molar-refractivity contribution >= 4 is 5.91 Å². The summed E-state index contributed by atoms with van der Waals surface area (Å²) < 4.78 is 5.61. The van der Waals surface area contributed by atoms with Crippen molar-refractivity contribution in [3.8, 4) is 5.75 Å². The van der Waals surface area contributed by atoms with E-state index < -0.39 is 11.5 Å². The molecule has 0 saturated carbocycles. The topological polar surface area (TPSA) is 84.1 Å². The molecule has 0 unspecified atom stereocenters. The molecule has 1 aromatic heterocycles. The van der Waals surface area contributed by atoms with Crippen LogP contribution in [0.3, 0.4) is 0 Å². The molecule has 23 heavy (non-hydrogen) atoms. The maximum Gasteiger partial charge on any atom is 0.279 e. The average molecular weight is 315 g/mol. The summed E-state index contributed by atoms with van der Waals surface area (Å²) in [7, 11) is 0. The van der Waals surface area contributed by atoms with E-state index in [1.54, 1.807) is 20.8 Å². The van der Waals surface area contributed by atoms with E-state index >= 15 is 0 Å². The fourth-order valence-electron chi connectivity index (χ4n) is 1.97. The van der Waals surface area contributed by atoms with Crippen LogP contribution in [0.4, 0.5) is 0 Å². The number of aromatic amines is 1. The van der Waals surface area contributed by atoms with Crippen molar-refractivity contribution in [2.45, 2.75) is 33.7 Å². The Morgan fingerprint density at radius 2 is 1.91 bits per heavy atom. The Bertz CT molecular complexity index is 751. The molecule has 1 amide bonds. The van der Waals surface area contributed by atoms with Gasteiger partial charge >= 0.3 is 0 Å². The lowest BCUT2D eigenvalue weighted by Gasteiger charge is -2.15. The second kappa shape index (κ2) is 7.09. The zero-order valence-corrected chi connectivity index (χ0v) is 13.8. The van der Waals surface area contributed by atoms with Crippen LogP contribution in [0.1, 0.15) is 34.4 Å².